The fourth-order valence-electron chi connectivity index (χ4n) is 3.52. The fraction of sp³-hybridized carbons (Fsp3) is 0.478. The summed E-state index contributed by atoms with van der Waals surface area (Å²) < 4.78 is 11.2. The van der Waals surface area contributed by atoms with Crippen molar-refractivity contribution in [2.24, 2.45) is 0 Å². The highest BCUT2D eigenvalue weighted by atomic mass is 35.5. The topological polar surface area (TPSA) is 120 Å². The summed E-state index contributed by atoms with van der Waals surface area (Å²) in [6.45, 7) is 1.65. The van der Waals surface area contributed by atoms with Gasteiger partial charge in [0.2, 0.25) is 0 Å². The van der Waals surface area contributed by atoms with Crippen molar-refractivity contribution in [3.63, 3.8) is 0 Å². The van der Waals surface area contributed by atoms with E-state index in [1.165, 1.54) is 0 Å². The highest BCUT2D eigenvalue weighted by Gasteiger charge is 2.44. The first kappa shape index (κ1) is 23.9. The molecule has 1 fully saturated rings. The Morgan fingerprint density at radius 2 is 1.74 bits per heavy atom. The molecule has 2 aromatic carbocycles. The molecule has 0 aromatic heterocycles. The standard InChI is InChI=1S/C23H29ClO7/c1-2-16(26)12-30-17-6-3-13(4-7-17)9-15-10-14(5-8-18(15)24)23-22(29)21(28)20(27)19(11-25)31-23/h3-8,10,16,19-23,25-29H,2,9,11-12H2,1H3/t16?,19-,20-,21+,22-,23+/m1/s1. The minimum absolute atomic E-state index is 0.239. The molecule has 0 spiro atoms. The molecule has 1 aliphatic heterocycles. The van der Waals surface area contributed by atoms with Crippen LogP contribution in [0.3, 0.4) is 0 Å². The zero-order valence-electron chi connectivity index (χ0n) is 17.3. The Bertz CT molecular complexity index is 842. The van der Waals surface area contributed by atoms with E-state index in [1.54, 1.807) is 18.2 Å². The Morgan fingerprint density at radius 1 is 1.03 bits per heavy atom. The van der Waals surface area contributed by atoms with Crippen molar-refractivity contribution in [1.29, 1.82) is 0 Å². The van der Waals surface area contributed by atoms with Gasteiger partial charge in [-0.3, -0.25) is 0 Å². The van der Waals surface area contributed by atoms with Crippen molar-refractivity contribution in [2.75, 3.05) is 13.2 Å². The number of ether oxygens (including phenoxy) is 2. The number of halogens is 1. The first-order valence-corrected chi connectivity index (χ1v) is 10.7. The second kappa shape index (κ2) is 10.7. The summed E-state index contributed by atoms with van der Waals surface area (Å²) in [5, 5.41) is 50.0. The van der Waals surface area contributed by atoms with E-state index in [2.05, 4.69) is 0 Å². The van der Waals surface area contributed by atoms with E-state index in [1.807, 2.05) is 31.2 Å². The zero-order chi connectivity index (χ0) is 22.5. The van der Waals surface area contributed by atoms with Crippen LogP contribution in [0.15, 0.2) is 42.5 Å². The number of rotatable bonds is 8. The molecule has 1 aliphatic rings. The van der Waals surface area contributed by atoms with Crippen molar-refractivity contribution in [1.82, 2.24) is 0 Å². The average molecular weight is 453 g/mol. The van der Waals surface area contributed by atoms with Crippen LogP contribution in [0.2, 0.25) is 5.02 Å². The van der Waals surface area contributed by atoms with E-state index in [-0.39, 0.29) is 6.61 Å². The second-order valence-corrected chi connectivity index (χ2v) is 8.20. The molecule has 1 heterocycles. The van der Waals surface area contributed by atoms with E-state index in [0.29, 0.717) is 29.2 Å². The molecular weight excluding hydrogens is 424 g/mol. The summed E-state index contributed by atoms with van der Waals surface area (Å²) in [4.78, 5) is 0. The van der Waals surface area contributed by atoms with Gasteiger partial charge in [0, 0.05) is 5.02 Å². The average Bonchev–Trinajstić information content (AvgIpc) is 2.78. The van der Waals surface area contributed by atoms with Crippen molar-refractivity contribution < 1.29 is 35.0 Å². The largest absolute Gasteiger partial charge is 0.491 e. The number of hydrogen-bond donors (Lipinski definition) is 5. The summed E-state index contributed by atoms with van der Waals surface area (Å²) >= 11 is 6.38. The van der Waals surface area contributed by atoms with Gasteiger partial charge in [-0.2, -0.15) is 0 Å². The summed E-state index contributed by atoms with van der Waals surface area (Å²) in [5.41, 5.74) is 2.37. The molecule has 0 saturated carbocycles. The molecule has 1 unspecified atom stereocenters. The highest BCUT2D eigenvalue weighted by molar-refractivity contribution is 6.31. The molecule has 170 valence electrons. The van der Waals surface area contributed by atoms with Gasteiger partial charge < -0.3 is 35.0 Å². The lowest BCUT2D eigenvalue weighted by molar-refractivity contribution is -0.231. The predicted octanol–water partition coefficient (Wildman–Crippen LogP) is 1.60. The molecule has 6 atom stereocenters. The highest BCUT2D eigenvalue weighted by Crippen LogP contribution is 2.34. The van der Waals surface area contributed by atoms with Gasteiger partial charge >= 0.3 is 0 Å². The minimum atomic E-state index is -1.44. The molecule has 7 nitrogen and oxygen atoms in total. The number of hydrogen-bond acceptors (Lipinski definition) is 7. The Balaban J connectivity index is 1.74. The molecule has 5 N–H and O–H groups in total. The lowest BCUT2D eigenvalue weighted by Crippen LogP contribution is -2.55. The lowest BCUT2D eigenvalue weighted by atomic mass is 9.90. The van der Waals surface area contributed by atoms with E-state index in [0.717, 1.165) is 11.1 Å². The fourth-order valence-corrected chi connectivity index (χ4v) is 3.70. The molecule has 31 heavy (non-hydrogen) atoms. The molecular formula is C23H29ClO7. The Morgan fingerprint density at radius 3 is 2.39 bits per heavy atom. The van der Waals surface area contributed by atoms with Crippen LogP contribution in [0.5, 0.6) is 5.75 Å². The van der Waals surface area contributed by atoms with Crippen LogP contribution in [-0.4, -0.2) is 69.3 Å². The lowest BCUT2D eigenvalue weighted by Gasteiger charge is -2.40. The molecule has 1 saturated heterocycles. The third-order valence-corrected chi connectivity index (χ3v) is 5.89. The van der Waals surface area contributed by atoms with Gasteiger partial charge in [-0.15, -0.1) is 0 Å². The number of aliphatic hydroxyl groups excluding tert-OH is 5. The van der Waals surface area contributed by atoms with Crippen LogP contribution in [0.4, 0.5) is 0 Å². The first-order chi connectivity index (χ1) is 14.8. The Kier molecular flexibility index (Phi) is 8.30. The van der Waals surface area contributed by atoms with E-state index < -0.39 is 43.2 Å². The van der Waals surface area contributed by atoms with Crippen LogP contribution >= 0.6 is 11.6 Å². The number of aliphatic hydroxyl groups is 5. The van der Waals surface area contributed by atoms with Crippen LogP contribution < -0.4 is 4.74 Å². The van der Waals surface area contributed by atoms with Crippen LogP contribution in [0, 0.1) is 0 Å². The third kappa shape index (κ3) is 5.75. The molecule has 8 heteroatoms. The van der Waals surface area contributed by atoms with Crippen molar-refractivity contribution >= 4 is 11.6 Å². The van der Waals surface area contributed by atoms with Gasteiger partial charge in [-0.1, -0.05) is 42.8 Å². The second-order valence-electron chi connectivity index (χ2n) is 7.79. The Hall–Kier alpha value is -1.71. The maximum Gasteiger partial charge on any atom is 0.119 e. The van der Waals surface area contributed by atoms with Crippen molar-refractivity contribution in [3.8, 4) is 5.75 Å². The van der Waals surface area contributed by atoms with E-state index in [4.69, 9.17) is 21.1 Å². The van der Waals surface area contributed by atoms with Crippen molar-refractivity contribution in [3.05, 3.63) is 64.2 Å². The predicted molar refractivity (Wildman–Crippen MR) is 115 cm³/mol. The van der Waals surface area contributed by atoms with Gasteiger partial charge in [0.15, 0.2) is 0 Å². The quantitative estimate of drug-likeness (QED) is 0.412. The summed E-state index contributed by atoms with van der Waals surface area (Å²) in [5.74, 6) is 0.664. The maximum atomic E-state index is 10.4. The van der Waals surface area contributed by atoms with Gasteiger partial charge in [0.05, 0.1) is 12.7 Å². The third-order valence-electron chi connectivity index (χ3n) is 5.52. The summed E-state index contributed by atoms with van der Waals surface area (Å²) in [6, 6.07) is 12.6. The molecule has 0 radical (unpaired) electrons. The van der Waals surface area contributed by atoms with Crippen LogP contribution in [-0.2, 0) is 11.2 Å². The summed E-state index contributed by atoms with van der Waals surface area (Å²) in [6.07, 6.45) is -5.42. The first-order valence-electron chi connectivity index (χ1n) is 10.3. The minimum Gasteiger partial charge on any atom is -0.491 e. The molecule has 3 rings (SSSR count). The van der Waals surface area contributed by atoms with Crippen molar-refractivity contribution in [2.45, 2.75) is 56.4 Å². The van der Waals surface area contributed by atoms with Crippen LogP contribution in [0.1, 0.15) is 36.1 Å². The monoisotopic (exact) mass is 452 g/mol. The van der Waals surface area contributed by atoms with Gasteiger partial charge in [0.1, 0.15) is 42.9 Å². The van der Waals surface area contributed by atoms with Gasteiger partial charge in [0.25, 0.3) is 0 Å². The summed E-state index contributed by atoms with van der Waals surface area (Å²) in [7, 11) is 0. The molecule has 0 bridgehead atoms. The van der Waals surface area contributed by atoms with E-state index >= 15 is 0 Å². The van der Waals surface area contributed by atoms with Gasteiger partial charge in [-0.25, -0.2) is 0 Å². The maximum absolute atomic E-state index is 10.4. The van der Waals surface area contributed by atoms with E-state index in [9.17, 15) is 25.5 Å². The normalized spacial score (nSPS) is 27.1. The molecule has 0 aliphatic carbocycles. The molecule has 0 amide bonds. The van der Waals surface area contributed by atoms with Gasteiger partial charge in [-0.05, 0) is 47.7 Å². The smallest absolute Gasteiger partial charge is 0.119 e. The zero-order valence-corrected chi connectivity index (χ0v) is 18.0. The number of benzene rings is 2. The Labute approximate surface area is 186 Å². The molecule has 2 aromatic rings. The van der Waals surface area contributed by atoms with Crippen LogP contribution in [0.25, 0.3) is 0 Å². The SMILES string of the molecule is CCC(O)COc1ccc(Cc2cc([C@@H]3O[C@H](CO)[C@@H](O)[C@H](O)[C@H]3O)ccc2Cl)cc1.